The maximum atomic E-state index is 13.4. The minimum absolute atomic E-state index is 0.00753. The summed E-state index contributed by atoms with van der Waals surface area (Å²) >= 11 is 1.59. The van der Waals surface area contributed by atoms with Crippen molar-refractivity contribution in [2.45, 2.75) is 31.5 Å². The summed E-state index contributed by atoms with van der Waals surface area (Å²) in [4.78, 5) is 15.3. The van der Waals surface area contributed by atoms with Crippen LogP contribution in [0, 0.1) is 5.82 Å². The Bertz CT molecular complexity index is 954. The van der Waals surface area contributed by atoms with Crippen LogP contribution in [0.25, 0.3) is 0 Å². The van der Waals surface area contributed by atoms with Gasteiger partial charge in [-0.05, 0) is 53.4 Å². The lowest BCUT2D eigenvalue weighted by Gasteiger charge is -2.22. The van der Waals surface area contributed by atoms with E-state index in [1.54, 1.807) is 30.6 Å². The lowest BCUT2D eigenvalue weighted by atomic mass is 10.1. The minimum Gasteiger partial charge on any atom is -0.497 e. The van der Waals surface area contributed by atoms with Crippen molar-refractivity contribution in [2.75, 3.05) is 13.7 Å². The Balaban J connectivity index is 1.45. The lowest BCUT2D eigenvalue weighted by molar-refractivity contribution is -0.917. The van der Waals surface area contributed by atoms with Gasteiger partial charge >= 0.3 is 0 Å². The number of hydrogen-bond acceptors (Lipinski definition) is 3. The molecule has 2 N–H and O–H groups in total. The molecule has 2 atom stereocenters. The summed E-state index contributed by atoms with van der Waals surface area (Å²) in [5.74, 6) is 0.564. The third-order valence-electron chi connectivity index (χ3n) is 5.47. The summed E-state index contributed by atoms with van der Waals surface area (Å²) in [7, 11) is 1.66. The molecular weight excluding hydrogens is 399 g/mol. The van der Waals surface area contributed by atoms with Gasteiger partial charge in [-0.25, -0.2) is 4.39 Å². The number of hydrogen-bond donors (Lipinski definition) is 2. The van der Waals surface area contributed by atoms with Crippen LogP contribution in [0.3, 0.4) is 0 Å². The normalized spacial score (nSPS) is 15.4. The second kappa shape index (κ2) is 9.41. The fourth-order valence-corrected chi connectivity index (χ4v) is 4.50. The fraction of sp³-hybridized carbons (Fsp3) is 0.292. The van der Waals surface area contributed by atoms with Gasteiger partial charge in [-0.3, -0.25) is 4.79 Å². The molecule has 3 aromatic rings. The second-order valence-electron chi connectivity index (χ2n) is 7.70. The van der Waals surface area contributed by atoms with Gasteiger partial charge in [0.05, 0.1) is 19.2 Å². The molecule has 1 fully saturated rings. The average Bonchev–Trinajstić information content (AvgIpc) is 3.47. The molecule has 6 heteroatoms. The highest BCUT2D eigenvalue weighted by Crippen LogP contribution is 2.26. The minimum atomic E-state index is -0.279. The predicted molar refractivity (Wildman–Crippen MR) is 116 cm³/mol. The summed E-state index contributed by atoms with van der Waals surface area (Å²) in [6.45, 7) is 1.22. The Morgan fingerprint density at radius 1 is 1.17 bits per heavy atom. The molecule has 0 spiro atoms. The highest BCUT2D eigenvalue weighted by molar-refractivity contribution is 7.10. The van der Waals surface area contributed by atoms with Gasteiger partial charge in [0, 0.05) is 23.3 Å². The molecule has 2 aromatic carbocycles. The van der Waals surface area contributed by atoms with Gasteiger partial charge in [0.1, 0.15) is 18.1 Å². The first-order valence-corrected chi connectivity index (χ1v) is 11.1. The molecule has 156 valence electrons. The number of quaternary nitrogens is 1. The molecule has 30 heavy (non-hydrogen) atoms. The Kier molecular flexibility index (Phi) is 6.45. The highest BCUT2D eigenvalue weighted by atomic mass is 32.1. The number of benzene rings is 2. The number of halogens is 1. The topological polar surface area (TPSA) is 42.8 Å². The zero-order valence-electron chi connectivity index (χ0n) is 16.9. The SMILES string of the molecule is COc1ccc(C[NH+](CC(=O)N[C@@H](c2ccc(F)cc2)c2cccs2)C2CC2)cc1. The van der Waals surface area contributed by atoms with Crippen molar-refractivity contribution < 1.29 is 18.8 Å². The van der Waals surface area contributed by atoms with Crippen LogP contribution in [-0.2, 0) is 11.3 Å². The van der Waals surface area contributed by atoms with Crippen LogP contribution in [0.15, 0.2) is 66.0 Å². The molecule has 4 rings (SSSR count). The zero-order chi connectivity index (χ0) is 20.9. The van der Waals surface area contributed by atoms with E-state index in [9.17, 15) is 9.18 Å². The van der Waals surface area contributed by atoms with Gasteiger partial charge in [-0.15, -0.1) is 11.3 Å². The van der Waals surface area contributed by atoms with E-state index in [4.69, 9.17) is 4.74 Å². The molecular formula is C24H26FN2O2S+. The number of amides is 1. The summed E-state index contributed by atoms with van der Waals surface area (Å²) < 4.78 is 18.6. The van der Waals surface area contributed by atoms with E-state index in [0.717, 1.165) is 35.6 Å². The Morgan fingerprint density at radius 2 is 1.90 bits per heavy atom. The van der Waals surface area contributed by atoms with E-state index < -0.39 is 0 Å². The molecule has 1 aromatic heterocycles. The van der Waals surface area contributed by atoms with Crippen LogP contribution in [0.2, 0.25) is 0 Å². The monoisotopic (exact) mass is 425 g/mol. The van der Waals surface area contributed by atoms with Crippen LogP contribution in [-0.4, -0.2) is 25.6 Å². The van der Waals surface area contributed by atoms with Gasteiger partial charge in [0.15, 0.2) is 6.54 Å². The summed E-state index contributed by atoms with van der Waals surface area (Å²) in [6.07, 6.45) is 2.32. The first-order valence-electron chi connectivity index (χ1n) is 10.2. The highest BCUT2D eigenvalue weighted by Gasteiger charge is 2.35. The van der Waals surface area contributed by atoms with Crippen LogP contribution in [0.5, 0.6) is 5.75 Å². The molecule has 0 radical (unpaired) electrons. The Morgan fingerprint density at radius 3 is 2.50 bits per heavy atom. The molecule has 1 heterocycles. The molecule has 1 aliphatic carbocycles. The maximum absolute atomic E-state index is 13.4. The smallest absolute Gasteiger partial charge is 0.275 e. The summed E-state index contributed by atoms with van der Waals surface area (Å²) in [6, 6.07) is 18.6. The maximum Gasteiger partial charge on any atom is 0.275 e. The van der Waals surface area contributed by atoms with Crippen LogP contribution >= 0.6 is 11.3 Å². The Labute approximate surface area is 180 Å². The van der Waals surface area contributed by atoms with Crippen molar-refractivity contribution >= 4 is 17.2 Å². The average molecular weight is 426 g/mol. The lowest BCUT2D eigenvalue weighted by Crippen LogP contribution is -3.13. The fourth-order valence-electron chi connectivity index (χ4n) is 3.70. The van der Waals surface area contributed by atoms with Crippen LogP contribution in [0.1, 0.15) is 34.9 Å². The van der Waals surface area contributed by atoms with E-state index in [1.165, 1.54) is 22.6 Å². The van der Waals surface area contributed by atoms with Crippen molar-refractivity contribution in [1.82, 2.24) is 5.32 Å². The van der Waals surface area contributed by atoms with Gasteiger partial charge in [0.25, 0.3) is 5.91 Å². The number of ether oxygens (including phenoxy) is 1. The number of methoxy groups -OCH3 is 1. The first kappa shape index (κ1) is 20.6. The van der Waals surface area contributed by atoms with Crippen LogP contribution in [0.4, 0.5) is 4.39 Å². The molecule has 0 aliphatic heterocycles. The summed E-state index contributed by atoms with van der Waals surface area (Å²) in [5.41, 5.74) is 2.08. The molecule has 1 aliphatic rings. The number of carbonyl (C=O) groups is 1. The molecule has 1 unspecified atom stereocenters. The van der Waals surface area contributed by atoms with Gasteiger partial charge in [-0.1, -0.05) is 18.2 Å². The molecule has 4 nitrogen and oxygen atoms in total. The van der Waals surface area contributed by atoms with Crippen molar-refractivity contribution in [3.05, 3.63) is 87.9 Å². The van der Waals surface area contributed by atoms with Crippen LogP contribution < -0.4 is 15.0 Å². The van der Waals surface area contributed by atoms with E-state index in [1.807, 2.05) is 29.6 Å². The van der Waals surface area contributed by atoms with Crippen molar-refractivity contribution in [3.8, 4) is 5.75 Å². The van der Waals surface area contributed by atoms with Gasteiger partial charge < -0.3 is 15.0 Å². The number of rotatable bonds is 9. The molecule has 1 amide bonds. The van der Waals surface area contributed by atoms with Crippen molar-refractivity contribution in [3.63, 3.8) is 0 Å². The van der Waals surface area contributed by atoms with Gasteiger partial charge in [0.2, 0.25) is 0 Å². The number of nitrogens with one attached hydrogen (secondary N) is 2. The third-order valence-corrected chi connectivity index (χ3v) is 6.41. The summed E-state index contributed by atoms with van der Waals surface area (Å²) in [5, 5.41) is 5.17. The quantitative estimate of drug-likeness (QED) is 0.552. The zero-order valence-corrected chi connectivity index (χ0v) is 17.8. The molecule has 1 saturated carbocycles. The van der Waals surface area contributed by atoms with E-state index >= 15 is 0 Å². The van der Waals surface area contributed by atoms with Crippen molar-refractivity contribution in [2.24, 2.45) is 0 Å². The molecule has 0 saturated heterocycles. The van der Waals surface area contributed by atoms with E-state index in [0.29, 0.717) is 12.6 Å². The van der Waals surface area contributed by atoms with Crippen molar-refractivity contribution in [1.29, 1.82) is 0 Å². The van der Waals surface area contributed by atoms with E-state index in [-0.39, 0.29) is 17.8 Å². The standard InChI is InChI=1S/C24H25FN2O2S/c1-29-21-12-4-17(5-13-21)15-27(20-10-11-20)16-23(28)26-24(22-3-2-14-30-22)18-6-8-19(25)9-7-18/h2-9,12-14,20,24H,10-11,15-16H2,1H3,(H,26,28)/p+1/t24-/m0/s1. The number of thiophene rings is 1. The largest absolute Gasteiger partial charge is 0.497 e. The first-order chi connectivity index (χ1) is 14.6. The third kappa shape index (κ3) is 5.26. The molecule has 0 bridgehead atoms. The van der Waals surface area contributed by atoms with E-state index in [2.05, 4.69) is 17.4 Å². The Hall–Kier alpha value is -2.70. The second-order valence-corrected chi connectivity index (χ2v) is 8.68. The van der Waals surface area contributed by atoms with Gasteiger partial charge in [-0.2, -0.15) is 0 Å². The predicted octanol–water partition coefficient (Wildman–Crippen LogP) is 3.35. The number of carbonyl (C=O) groups excluding carboxylic acids is 1.